The fourth-order valence-corrected chi connectivity index (χ4v) is 2.40. The first kappa shape index (κ1) is 12.1. The number of ether oxygens (including phenoxy) is 1. The van der Waals surface area contributed by atoms with Gasteiger partial charge in [0.05, 0.1) is 12.1 Å². The molecule has 0 amide bonds. The first-order chi connectivity index (χ1) is 9.30. The number of nitrogens with one attached hydrogen (secondary N) is 1. The topological polar surface area (TPSA) is 89.7 Å². The van der Waals surface area contributed by atoms with Crippen molar-refractivity contribution in [1.29, 1.82) is 0 Å². The van der Waals surface area contributed by atoms with Crippen molar-refractivity contribution in [2.45, 2.75) is 13.5 Å². The predicted octanol–water partition coefficient (Wildman–Crippen LogP) is 1.94. The van der Waals surface area contributed by atoms with E-state index in [-0.39, 0.29) is 0 Å². The number of nitrogens with two attached hydrogens (primary N) is 1. The molecule has 98 valence electrons. The molecule has 6 nitrogen and oxygen atoms in total. The molecule has 0 saturated carbocycles. The quantitative estimate of drug-likeness (QED) is 0.759. The molecule has 0 fully saturated rings. The third-order valence-corrected chi connectivity index (χ3v) is 3.45. The van der Waals surface area contributed by atoms with Gasteiger partial charge in [-0.15, -0.1) is 11.3 Å². The highest BCUT2D eigenvalue weighted by Crippen LogP contribution is 2.22. The number of pyridine rings is 1. The lowest BCUT2D eigenvalue weighted by molar-refractivity contribution is 0.328. The lowest BCUT2D eigenvalue weighted by Gasteiger charge is -1.99. The summed E-state index contributed by atoms with van der Waals surface area (Å²) in [5.41, 5.74) is 7.84. The Morgan fingerprint density at radius 1 is 1.32 bits per heavy atom. The highest BCUT2D eigenvalue weighted by atomic mass is 32.1. The van der Waals surface area contributed by atoms with Gasteiger partial charge in [-0.2, -0.15) is 4.98 Å². The first-order valence-electron chi connectivity index (χ1n) is 5.94. The van der Waals surface area contributed by atoms with E-state index in [4.69, 9.17) is 10.5 Å². The van der Waals surface area contributed by atoms with Crippen molar-refractivity contribution in [3.8, 4) is 17.4 Å². The lowest BCUT2D eigenvalue weighted by Crippen LogP contribution is -1.94. The summed E-state index contributed by atoms with van der Waals surface area (Å²) in [4.78, 5) is 16.3. The number of thiazole rings is 1. The van der Waals surface area contributed by atoms with Crippen molar-refractivity contribution in [3.05, 3.63) is 22.5 Å². The van der Waals surface area contributed by atoms with E-state index >= 15 is 0 Å². The molecule has 0 aromatic carbocycles. The van der Waals surface area contributed by atoms with Crippen molar-refractivity contribution in [2.24, 2.45) is 5.73 Å². The number of rotatable bonds is 4. The Morgan fingerprint density at radius 3 is 2.95 bits per heavy atom. The van der Waals surface area contributed by atoms with Crippen LogP contribution in [0.5, 0.6) is 5.88 Å². The van der Waals surface area contributed by atoms with E-state index in [1.807, 2.05) is 24.4 Å². The molecule has 0 atom stereocenters. The molecule has 0 aliphatic carbocycles. The van der Waals surface area contributed by atoms with Crippen molar-refractivity contribution >= 4 is 22.5 Å². The van der Waals surface area contributed by atoms with E-state index in [9.17, 15) is 0 Å². The fourth-order valence-electron chi connectivity index (χ4n) is 1.74. The summed E-state index contributed by atoms with van der Waals surface area (Å²) in [5.74, 6) is 1.28. The van der Waals surface area contributed by atoms with Gasteiger partial charge < -0.3 is 15.5 Å². The Morgan fingerprint density at radius 2 is 2.21 bits per heavy atom. The summed E-state index contributed by atoms with van der Waals surface area (Å²) in [6.07, 6.45) is 0. The molecule has 0 saturated heterocycles. The van der Waals surface area contributed by atoms with Crippen molar-refractivity contribution in [3.63, 3.8) is 0 Å². The van der Waals surface area contributed by atoms with Gasteiger partial charge in [-0.25, -0.2) is 9.97 Å². The van der Waals surface area contributed by atoms with Crippen LogP contribution >= 0.6 is 11.3 Å². The van der Waals surface area contributed by atoms with Gasteiger partial charge in [-0.3, -0.25) is 0 Å². The second-order valence-corrected chi connectivity index (χ2v) is 4.81. The maximum atomic E-state index is 5.56. The number of aromatic nitrogens is 4. The minimum absolute atomic E-state index is 0.442. The van der Waals surface area contributed by atoms with E-state index in [1.165, 1.54) is 11.3 Å². The predicted molar refractivity (Wildman–Crippen MR) is 74.1 cm³/mol. The van der Waals surface area contributed by atoms with Gasteiger partial charge in [0, 0.05) is 18.0 Å². The smallest absolute Gasteiger partial charge is 0.215 e. The van der Waals surface area contributed by atoms with Crippen LogP contribution in [0.15, 0.2) is 17.5 Å². The number of imidazole rings is 1. The van der Waals surface area contributed by atoms with Crippen LogP contribution in [0.2, 0.25) is 0 Å². The monoisotopic (exact) mass is 275 g/mol. The van der Waals surface area contributed by atoms with E-state index in [1.54, 1.807) is 0 Å². The van der Waals surface area contributed by atoms with Crippen molar-refractivity contribution < 1.29 is 4.74 Å². The van der Waals surface area contributed by atoms with Crippen LogP contribution in [0.1, 0.15) is 11.9 Å². The number of nitrogens with zero attached hydrogens (tertiary/aromatic N) is 3. The molecule has 0 spiro atoms. The zero-order valence-corrected chi connectivity index (χ0v) is 11.2. The molecule has 0 aliphatic rings. The summed E-state index contributed by atoms with van der Waals surface area (Å²) in [6, 6.07) is 3.72. The maximum Gasteiger partial charge on any atom is 0.215 e. The second-order valence-electron chi connectivity index (χ2n) is 3.87. The van der Waals surface area contributed by atoms with E-state index in [2.05, 4.69) is 19.9 Å². The molecule has 0 unspecified atom stereocenters. The van der Waals surface area contributed by atoms with Crippen LogP contribution < -0.4 is 10.5 Å². The minimum atomic E-state index is 0.442. The zero-order valence-electron chi connectivity index (χ0n) is 10.4. The number of H-pyrrole nitrogens is 1. The normalized spacial score (nSPS) is 11.1. The summed E-state index contributed by atoms with van der Waals surface area (Å²) >= 11 is 1.52. The Hall–Kier alpha value is -1.99. The molecule has 0 radical (unpaired) electrons. The van der Waals surface area contributed by atoms with Crippen molar-refractivity contribution in [1.82, 2.24) is 19.9 Å². The van der Waals surface area contributed by atoms with Gasteiger partial charge >= 0.3 is 0 Å². The minimum Gasteiger partial charge on any atom is -0.478 e. The molecule has 3 rings (SSSR count). The van der Waals surface area contributed by atoms with Gasteiger partial charge in [0.25, 0.3) is 0 Å². The zero-order chi connectivity index (χ0) is 13.2. The molecule has 3 aromatic rings. The van der Waals surface area contributed by atoms with Gasteiger partial charge in [-0.05, 0) is 13.0 Å². The molecule has 0 bridgehead atoms. The number of fused-ring (bicyclic) bond motifs is 1. The average molecular weight is 275 g/mol. The highest BCUT2D eigenvalue weighted by Gasteiger charge is 2.10. The molecule has 3 N–H and O–H groups in total. The van der Waals surface area contributed by atoms with Crippen LogP contribution in [0.4, 0.5) is 0 Å². The highest BCUT2D eigenvalue weighted by molar-refractivity contribution is 7.09. The summed E-state index contributed by atoms with van der Waals surface area (Å²) in [6.45, 7) is 2.95. The molecule has 19 heavy (non-hydrogen) atoms. The Balaban J connectivity index is 2.00. The summed E-state index contributed by atoms with van der Waals surface area (Å²) in [5, 5.41) is 2.82. The number of aromatic amines is 1. The second kappa shape index (κ2) is 4.94. The summed E-state index contributed by atoms with van der Waals surface area (Å²) < 4.78 is 5.36. The van der Waals surface area contributed by atoms with Gasteiger partial charge in [-0.1, -0.05) is 0 Å². The fraction of sp³-hybridized carbons (Fsp3) is 0.250. The SMILES string of the molecule is CCOc1ccc2[nH]c(-c3csc(CN)n3)nc2n1. The van der Waals surface area contributed by atoms with Crippen LogP contribution in [0.25, 0.3) is 22.7 Å². The van der Waals surface area contributed by atoms with Crippen LogP contribution in [-0.4, -0.2) is 26.5 Å². The third kappa shape index (κ3) is 2.29. The summed E-state index contributed by atoms with van der Waals surface area (Å²) in [7, 11) is 0. The standard InChI is InChI=1S/C12H13N5OS/c1-2-18-9-4-3-7-11(16-9)17-12(15-7)8-6-19-10(5-13)14-8/h3-4,6H,2,5,13H2,1H3,(H,15,16,17). The van der Waals surface area contributed by atoms with Crippen molar-refractivity contribution in [2.75, 3.05) is 6.61 Å². The Bertz CT molecular complexity index is 705. The first-order valence-corrected chi connectivity index (χ1v) is 6.82. The van der Waals surface area contributed by atoms with Gasteiger partial charge in [0.2, 0.25) is 5.88 Å². The van der Waals surface area contributed by atoms with Crippen LogP contribution in [0.3, 0.4) is 0 Å². The molecule has 7 heteroatoms. The molecule has 0 aliphatic heterocycles. The third-order valence-electron chi connectivity index (χ3n) is 2.58. The lowest BCUT2D eigenvalue weighted by atomic mass is 10.4. The molecule has 3 aromatic heterocycles. The molecule has 3 heterocycles. The number of hydrogen-bond acceptors (Lipinski definition) is 6. The van der Waals surface area contributed by atoms with Gasteiger partial charge in [0.1, 0.15) is 10.7 Å². The van der Waals surface area contributed by atoms with Crippen LogP contribution in [0, 0.1) is 0 Å². The van der Waals surface area contributed by atoms with Gasteiger partial charge in [0.15, 0.2) is 11.5 Å². The Kier molecular flexibility index (Phi) is 3.14. The van der Waals surface area contributed by atoms with Crippen LogP contribution in [-0.2, 0) is 6.54 Å². The molecular formula is C12H13N5OS. The van der Waals surface area contributed by atoms with E-state index < -0.39 is 0 Å². The number of hydrogen-bond donors (Lipinski definition) is 2. The average Bonchev–Trinajstić information content (AvgIpc) is 3.04. The maximum absolute atomic E-state index is 5.56. The Labute approximate surface area is 113 Å². The van der Waals surface area contributed by atoms with E-state index in [0.29, 0.717) is 30.5 Å². The largest absolute Gasteiger partial charge is 0.478 e. The molecular weight excluding hydrogens is 262 g/mol. The van der Waals surface area contributed by atoms with E-state index in [0.717, 1.165) is 16.2 Å².